The number of nitrogens with one attached hydrogen (secondary N) is 1. The van der Waals surface area contributed by atoms with Gasteiger partial charge in [0, 0.05) is 9.26 Å². The van der Waals surface area contributed by atoms with Gasteiger partial charge in [-0.3, -0.25) is 19.3 Å². The van der Waals surface area contributed by atoms with Crippen LogP contribution >= 0.6 is 46.0 Å². The highest BCUT2D eigenvalue weighted by Gasteiger charge is 2.36. The first-order valence-corrected chi connectivity index (χ1v) is 10.3. The summed E-state index contributed by atoms with van der Waals surface area (Å²) in [6, 6.07) is 12.3. The Hall–Kier alpha value is -2.04. The zero-order valence-corrected chi connectivity index (χ0v) is 18.3. The van der Waals surface area contributed by atoms with Crippen LogP contribution in [0.2, 0.25) is 5.02 Å². The molecule has 1 saturated heterocycles. The van der Waals surface area contributed by atoms with Crippen molar-refractivity contribution in [2.45, 2.75) is 0 Å². The number of amides is 3. The van der Waals surface area contributed by atoms with Crippen molar-refractivity contribution in [1.82, 2.24) is 4.90 Å². The SMILES string of the molecule is COc1ccc(NC(=O)CN2C(=O)S/C(=C\c3ccc(I)cc3)C2=O)cc1Cl. The number of hydrogen-bond donors (Lipinski definition) is 1. The van der Waals surface area contributed by atoms with Crippen LogP contribution in [0, 0.1) is 3.57 Å². The number of rotatable bonds is 5. The van der Waals surface area contributed by atoms with Crippen molar-refractivity contribution in [3.63, 3.8) is 0 Å². The summed E-state index contributed by atoms with van der Waals surface area (Å²) in [6.07, 6.45) is 1.64. The molecule has 0 aliphatic carbocycles. The maximum absolute atomic E-state index is 12.5. The number of nitrogens with zero attached hydrogens (tertiary/aromatic N) is 1. The Morgan fingerprint density at radius 3 is 2.61 bits per heavy atom. The van der Waals surface area contributed by atoms with Gasteiger partial charge < -0.3 is 10.1 Å². The Morgan fingerprint density at radius 2 is 1.96 bits per heavy atom. The maximum atomic E-state index is 12.5. The van der Waals surface area contributed by atoms with E-state index in [2.05, 4.69) is 27.9 Å². The first-order chi connectivity index (χ1) is 13.4. The van der Waals surface area contributed by atoms with E-state index in [1.807, 2.05) is 24.3 Å². The van der Waals surface area contributed by atoms with Gasteiger partial charge in [-0.2, -0.15) is 0 Å². The lowest BCUT2D eigenvalue weighted by molar-refractivity contribution is -0.127. The van der Waals surface area contributed by atoms with Crippen molar-refractivity contribution in [3.8, 4) is 5.75 Å². The van der Waals surface area contributed by atoms with Crippen LogP contribution in [0.1, 0.15) is 5.56 Å². The molecule has 2 aromatic rings. The summed E-state index contributed by atoms with van der Waals surface area (Å²) in [5, 5.41) is 2.48. The topological polar surface area (TPSA) is 75.7 Å². The Morgan fingerprint density at radius 1 is 1.25 bits per heavy atom. The molecule has 144 valence electrons. The number of imide groups is 1. The molecule has 0 spiro atoms. The van der Waals surface area contributed by atoms with Crippen LogP contribution in [-0.4, -0.2) is 35.6 Å². The monoisotopic (exact) mass is 528 g/mol. The predicted octanol–water partition coefficient (Wildman–Crippen LogP) is 4.63. The molecule has 0 bridgehead atoms. The molecule has 1 fully saturated rings. The molecule has 3 amide bonds. The quantitative estimate of drug-likeness (QED) is 0.453. The summed E-state index contributed by atoms with van der Waals surface area (Å²) in [5.74, 6) is -0.512. The molecule has 9 heteroatoms. The zero-order valence-electron chi connectivity index (χ0n) is 14.6. The molecule has 1 N–H and O–H groups in total. The second-order valence-electron chi connectivity index (χ2n) is 5.72. The summed E-state index contributed by atoms with van der Waals surface area (Å²) in [7, 11) is 1.49. The smallest absolute Gasteiger partial charge is 0.294 e. The van der Waals surface area contributed by atoms with Crippen LogP contribution in [0.4, 0.5) is 10.5 Å². The van der Waals surface area contributed by atoms with Crippen molar-refractivity contribution in [2.75, 3.05) is 19.0 Å². The minimum atomic E-state index is -0.501. The van der Waals surface area contributed by atoms with Crippen LogP contribution in [0.3, 0.4) is 0 Å². The Bertz CT molecular complexity index is 978. The van der Waals surface area contributed by atoms with Gasteiger partial charge in [-0.1, -0.05) is 23.7 Å². The molecule has 0 radical (unpaired) electrons. The molecule has 6 nitrogen and oxygen atoms in total. The highest BCUT2D eigenvalue weighted by atomic mass is 127. The third-order valence-electron chi connectivity index (χ3n) is 3.78. The zero-order chi connectivity index (χ0) is 20.3. The van der Waals surface area contributed by atoms with E-state index in [9.17, 15) is 14.4 Å². The Balaban J connectivity index is 1.67. The molecule has 0 saturated carbocycles. The van der Waals surface area contributed by atoms with Crippen molar-refractivity contribution < 1.29 is 19.1 Å². The van der Waals surface area contributed by atoms with Crippen molar-refractivity contribution >= 4 is 74.8 Å². The van der Waals surface area contributed by atoms with Gasteiger partial charge in [0.25, 0.3) is 11.1 Å². The number of carbonyl (C=O) groups is 3. The summed E-state index contributed by atoms with van der Waals surface area (Å²) < 4.78 is 6.12. The predicted molar refractivity (Wildman–Crippen MR) is 118 cm³/mol. The number of benzene rings is 2. The van der Waals surface area contributed by atoms with E-state index in [-0.39, 0.29) is 11.4 Å². The molecule has 3 rings (SSSR count). The number of carbonyl (C=O) groups excluding carboxylic acids is 3. The van der Waals surface area contributed by atoms with Gasteiger partial charge in [-0.15, -0.1) is 0 Å². The Kier molecular flexibility index (Phi) is 6.63. The van der Waals surface area contributed by atoms with Crippen molar-refractivity contribution in [3.05, 3.63) is 61.5 Å². The van der Waals surface area contributed by atoms with E-state index in [4.69, 9.17) is 16.3 Å². The average molecular weight is 529 g/mol. The second-order valence-corrected chi connectivity index (χ2v) is 8.36. The highest BCUT2D eigenvalue weighted by molar-refractivity contribution is 14.1. The van der Waals surface area contributed by atoms with Crippen molar-refractivity contribution in [2.24, 2.45) is 0 Å². The molecule has 0 atom stereocenters. The van der Waals surface area contributed by atoms with Gasteiger partial charge in [-0.05, 0) is 76.3 Å². The summed E-state index contributed by atoms with van der Waals surface area (Å²) in [6.45, 7) is -0.377. The number of anilines is 1. The van der Waals surface area contributed by atoms with Gasteiger partial charge in [0.05, 0.1) is 17.0 Å². The lowest BCUT2D eigenvalue weighted by atomic mass is 10.2. The summed E-state index contributed by atoms with van der Waals surface area (Å²) in [5.41, 5.74) is 1.25. The van der Waals surface area contributed by atoms with E-state index in [0.717, 1.165) is 25.8 Å². The van der Waals surface area contributed by atoms with Crippen LogP contribution < -0.4 is 10.1 Å². The minimum Gasteiger partial charge on any atom is -0.495 e. The second kappa shape index (κ2) is 8.97. The first kappa shape index (κ1) is 20.7. The van der Waals surface area contributed by atoms with E-state index in [1.54, 1.807) is 18.2 Å². The van der Waals surface area contributed by atoms with Gasteiger partial charge in [-0.25, -0.2) is 0 Å². The third-order valence-corrected chi connectivity index (χ3v) is 5.70. The highest BCUT2D eigenvalue weighted by Crippen LogP contribution is 2.32. The first-order valence-electron chi connectivity index (χ1n) is 8.01. The minimum absolute atomic E-state index is 0.284. The molecule has 1 heterocycles. The fraction of sp³-hybridized carbons (Fsp3) is 0.105. The molecule has 2 aromatic carbocycles. The lowest BCUT2D eigenvalue weighted by Crippen LogP contribution is -2.36. The van der Waals surface area contributed by atoms with E-state index in [0.29, 0.717) is 16.5 Å². The summed E-state index contributed by atoms with van der Waals surface area (Å²) >= 11 is 9.03. The fourth-order valence-electron chi connectivity index (χ4n) is 2.43. The number of thioether (sulfide) groups is 1. The van der Waals surface area contributed by atoms with Crippen LogP contribution in [-0.2, 0) is 9.59 Å². The normalized spacial score (nSPS) is 15.2. The maximum Gasteiger partial charge on any atom is 0.294 e. The third kappa shape index (κ3) is 4.86. The number of methoxy groups -OCH3 is 1. The standard InChI is InChI=1S/C19H14ClIN2O4S/c1-27-15-7-6-13(9-14(15)20)22-17(24)10-23-18(25)16(28-19(23)26)8-11-2-4-12(21)5-3-11/h2-9H,10H2,1H3,(H,22,24)/b16-8-. The molecule has 1 aliphatic rings. The molecular weight excluding hydrogens is 515 g/mol. The van der Waals surface area contributed by atoms with Gasteiger partial charge in [0.2, 0.25) is 5.91 Å². The van der Waals surface area contributed by atoms with Gasteiger partial charge in [0.1, 0.15) is 12.3 Å². The van der Waals surface area contributed by atoms with Crippen LogP contribution in [0.25, 0.3) is 6.08 Å². The largest absolute Gasteiger partial charge is 0.495 e. The Labute approximate surface area is 184 Å². The fourth-order valence-corrected chi connectivity index (χ4v) is 3.89. The summed E-state index contributed by atoms with van der Waals surface area (Å²) in [4.78, 5) is 38.2. The molecule has 0 unspecified atom stereocenters. The molecular formula is C19H14ClIN2O4S. The number of ether oxygens (including phenoxy) is 1. The number of halogens is 2. The van der Waals surface area contributed by atoms with Crippen LogP contribution in [0.15, 0.2) is 47.4 Å². The van der Waals surface area contributed by atoms with E-state index in [1.165, 1.54) is 13.2 Å². The average Bonchev–Trinajstić information content (AvgIpc) is 2.91. The number of hydrogen-bond acceptors (Lipinski definition) is 5. The van der Waals surface area contributed by atoms with Crippen molar-refractivity contribution in [1.29, 1.82) is 0 Å². The van der Waals surface area contributed by atoms with Gasteiger partial charge >= 0.3 is 0 Å². The van der Waals surface area contributed by atoms with E-state index < -0.39 is 17.1 Å². The lowest BCUT2D eigenvalue weighted by Gasteiger charge is -2.13. The van der Waals surface area contributed by atoms with Crippen LogP contribution in [0.5, 0.6) is 5.75 Å². The molecule has 28 heavy (non-hydrogen) atoms. The molecule has 0 aromatic heterocycles. The van der Waals surface area contributed by atoms with E-state index >= 15 is 0 Å². The van der Waals surface area contributed by atoms with Gasteiger partial charge in [0.15, 0.2) is 0 Å². The molecule has 1 aliphatic heterocycles.